The fraction of sp³-hybridized carbons (Fsp3) is 0.292. The summed E-state index contributed by atoms with van der Waals surface area (Å²) in [6.07, 6.45) is 2.49. The minimum atomic E-state index is 0.0300. The maximum atomic E-state index is 12.0. The van der Waals surface area contributed by atoms with Gasteiger partial charge in [-0.05, 0) is 43.0 Å². The molecular weight excluding hydrogens is 394 g/mol. The van der Waals surface area contributed by atoms with E-state index in [0.29, 0.717) is 12.3 Å². The lowest BCUT2D eigenvalue weighted by molar-refractivity contribution is -0.117. The summed E-state index contributed by atoms with van der Waals surface area (Å²) in [6.45, 7) is 4.05. The third-order valence-electron chi connectivity index (χ3n) is 4.89. The van der Waals surface area contributed by atoms with Gasteiger partial charge < -0.3 is 10.6 Å². The van der Waals surface area contributed by atoms with Crippen LogP contribution in [0, 0.1) is 11.8 Å². The lowest BCUT2D eigenvalue weighted by Gasteiger charge is -2.07. The van der Waals surface area contributed by atoms with Gasteiger partial charge >= 0.3 is 0 Å². The van der Waals surface area contributed by atoms with Crippen LogP contribution in [0.15, 0.2) is 53.9 Å². The van der Waals surface area contributed by atoms with E-state index in [1.807, 2.05) is 67.8 Å². The Morgan fingerprint density at radius 2 is 1.80 bits per heavy atom. The van der Waals surface area contributed by atoms with Gasteiger partial charge in [-0.15, -0.1) is 11.3 Å². The first-order valence-corrected chi connectivity index (χ1v) is 11.1. The molecule has 1 heterocycles. The number of nitrogens with one attached hydrogen (secondary N) is 2. The monoisotopic (exact) mass is 419 g/mol. The summed E-state index contributed by atoms with van der Waals surface area (Å²) < 4.78 is 0. The molecule has 0 aliphatic heterocycles. The van der Waals surface area contributed by atoms with Crippen LogP contribution in [0.1, 0.15) is 33.1 Å². The second kappa shape index (κ2) is 8.79. The second-order valence-corrected chi connectivity index (χ2v) is 8.96. The van der Waals surface area contributed by atoms with Crippen molar-refractivity contribution in [3.05, 3.63) is 53.9 Å². The fourth-order valence-corrected chi connectivity index (χ4v) is 3.99. The SMILES string of the molecule is CC(C)CC(=O)Nc1ccc(-c2csc(-c3cccc(NC(=O)C4CC4)c3)n2)cc1. The van der Waals surface area contributed by atoms with Crippen molar-refractivity contribution in [1.29, 1.82) is 0 Å². The van der Waals surface area contributed by atoms with Crippen LogP contribution in [0.3, 0.4) is 0 Å². The lowest BCUT2D eigenvalue weighted by atomic mass is 10.1. The van der Waals surface area contributed by atoms with Crippen LogP contribution >= 0.6 is 11.3 Å². The van der Waals surface area contributed by atoms with Crippen molar-refractivity contribution in [1.82, 2.24) is 4.98 Å². The second-order valence-electron chi connectivity index (χ2n) is 8.11. The van der Waals surface area contributed by atoms with E-state index in [2.05, 4.69) is 10.6 Å². The Morgan fingerprint density at radius 3 is 2.50 bits per heavy atom. The molecule has 0 radical (unpaired) electrons. The molecule has 1 aromatic heterocycles. The predicted molar refractivity (Wildman–Crippen MR) is 122 cm³/mol. The molecule has 1 aliphatic carbocycles. The molecule has 6 heteroatoms. The number of hydrogen-bond acceptors (Lipinski definition) is 4. The number of hydrogen-bond donors (Lipinski definition) is 2. The van der Waals surface area contributed by atoms with Crippen LogP contribution < -0.4 is 10.6 Å². The van der Waals surface area contributed by atoms with Crippen molar-refractivity contribution in [2.45, 2.75) is 33.1 Å². The highest BCUT2D eigenvalue weighted by Crippen LogP contribution is 2.32. The largest absolute Gasteiger partial charge is 0.326 e. The molecule has 0 atom stereocenters. The molecule has 1 saturated carbocycles. The first kappa shape index (κ1) is 20.3. The molecule has 1 fully saturated rings. The Bertz CT molecular complexity index is 1050. The molecule has 1 aliphatic rings. The number of benzene rings is 2. The molecule has 2 N–H and O–H groups in total. The van der Waals surface area contributed by atoms with E-state index in [4.69, 9.17) is 4.98 Å². The molecular formula is C24H25N3O2S. The van der Waals surface area contributed by atoms with Gasteiger partial charge in [0.2, 0.25) is 11.8 Å². The summed E-state index contributed by atoms with van der Waals surface area (Å²) in [5, 5.41) is 8.84. The van der Waals surface area contributed by atoms with Crippen LogP contribution in [-0.2, 0) is 9.59 Å². The Labute approximate surface area is 180 Å². The quantitative estimate of drug-likeness (QED) is 0.508. The van der Waals surface area contributed by atoms with E-state index in [1.54, 1.807) is 11.3 Å². The number of carbonyl (C=O) groups excluding carboxylic acids is 2. The number of rotatable bonds is 7. The molecule has 30 heavy (non-hydrogen) atoms. The van der Waals surface area contributed by atoms with Gasteiger partial charge in [-0.2, -0.15) is 0 Å². The van der Waals surface area contributed by atoms with Crippen molar-refractivity contribution < 1.29 is 9.59 Å². The molecule has 2 amide bonds. The van der Waals surface area contributed by atoms with Gasteiger partial charge in [0, 0.05) is 40.2 Å². The highest BCUT2D eigenvalue weighted by atomic mass is 32.1. The summed E-state index contributed by atoms with van der Waals surface area (Å²) >= 11 is 1.57. The average Bonchev–Trinajstić information content (AvgIpc) is 3.45. The summed E-state index contributed by atoms with van der Waals surface area (Å²) in [5.41, 5.74) is 4.47. The van der Waals surface area contributed by atoms with Crippen molar-refractivity contribution in [2.75, 3.05) is 10.6 Å². The number of anilines is 2. The Kier molecular flexibility index (Phi) is 5.95. The molecule has 0 bridgehead atoms. The summed E-state index contributed by atoms with van der Waals surface area (Å²) in [4.78, 5) is 28.7. The fourth-order valence-electron chi connectivity index (χ4n) is 3.17. The summed E-state index contributed by atoms with van der Waals surface area (Å²) in [6, 6.07) is 15.6. The predicted octanol–water partition coefficient (Wildman–Crippen LogP) is 5.81. The van der Waals surface area contributed by atoms with Crippen molar-refractivity contribution in [2.24, 2.45) is 11.8 Å². The molecule has 4 rings (SSSR count). The van der Waals surface area contributed by atoms with Crippen LogP contribution in [0.25, 0.3) is 21.8 Å². The van der Waals surface area contributed by atoms with Gasteiger partial charge in [-0.3, -0.25) is 9.59 Å². The van der Waals surface area contributed by atoms with Gasteiger partial charge in [0.1, 0.15) is 5.01 Å². The van der Waals surface area contributed by atoms with E-state index in [1.165, 1.54) is 0 Å². The van der Waals surface area contributed by atoms with Crippen LogP contribution in [0.2, 0.25) is 0 Å². The topological polar surface area (TPSA) is 71.1 Å². The maximum absolute atomic E-state index is 12.0. The lowest BCUT2D eigenvalue weighted by Crippen LogP contribution is -2.13. The van der Waals surface area contributed by atoms with Gasteiger partial charge in [0.05, 0.1) is 5.69 Å². The zero-order chi connectivity index (χ0) is 21.1. The summed E-state index contributed by atoms with van der Waals surface area (Å²) in [5.74, 6) is 0.645. The molecule has 154 valence electrons. The normalized spacial score (nSPS) is 13.3. The number of carbonyl (C=O) groups is 2. The van der Waals surface area contributed by atoms with Crippen LogP contribution in [0.4, 0.5) is 11.4 Å². The Hall–Kier alpha value is -2.99. The molecule has 3 aromatic rings. The van der Waals surface area contributed by atoms with Gasteiger partial charge in [0.25, 0.3) is 0 Å². The zero-order valence-electron chi connectivity index (χ0n) is 17.1. The van der Waals surface area contributed by atoms with Gasteiger partial charge in [0.15, 0.2) is 0 Å². The standard InChI is InChI=1S/C24H25N3O2S/c1-15(2)12-22(28)25-19-10-8-16(9-11-19)21-14-30-24(27-21)18-4-3-5-20(13-18)26-23(29)17-6-7-17/h3-5,8-11,13-15,17H,6-7,12H2,1-2H3,(H,25,28)(H,26,29). The highest BCUT2D eigenvalue weighted by molar-refractivity contribution is 7.13. The van der Waals surface area contributed by atoms with Gasteiger partial charge in [-0.1, -0.05) is 38.1 Å². The molecule has 0 spiro atoms. The average molecular weight is 420 g/mol. The number of thiazole rings is 1. The first-order chi connectivity index (χ1) is 14.5. The minimum absolute atomic E-state index is 0.0300. The zero-order valence-corrected chi connectivity index (χ0v) is 18.0. The van der Waals surface area contributed by atoms with E-state index in [0.717, 1.165) is 46.0 Å². The Balaban J connectivity index is 1.45. The number of amides is 2. The van der Waals surface area contributed by atoms with Crippen molar-refractivity contribution >= 4 is 34.5 Å². The number of nitrogens with zero attached hydrogens (tertiary/aromatic N) is 1. The van der Waals surface area contributed by atoms with E-state index in [-0.39, 0.29) is 17.7 Å². The highest BCUT2D eigenvalue weighted by Gasteiger charge is 2.29. The van der Waals surface area contributed by atoms with E-state index >= 15 is 0 Å². The first-order valence-electron chi connectivity index (χ1n) is 10.2. The van der Waals surface area contributed by atoms with Crippen LogP contribution in [-0.4, -0.2) is 16.8 Å². The third-order valence-corrected chi connectivity index (χ3v) is 5.78. The molecule has 0 saturated heterocycles. The Morgan fingerprint density at radius 1 is 1.03 bits per heavy atom. The third kappa shape index (κ3) is 5.13. The smallest absolute Gasteiger partial charge is 0.227 e. The molecule has 5 nitrogen and oxygen atoms in total. The van der Waals surface area contributed by atoms with Crippen molar-refractivity contribution in [3.8, 4) is 21.8 Å². The molecule has 2 aromatic carbocycles. The summed E-state index contributed by atoms with van der Waals surface area (Å²) in [7, 11) is 0. The van der Waals surface area contributed by atoms with E-state index in [9.17, 15) is 9.59 Å². The molecule has 0 unspecified atom stereocenters. The van der Waals surface area contributed by atoms with E-state index < -0.39 is 0 Å². The van der Waals surface area contributed by atoms with Crippen molar-refractivity contribution in [3.63, 3.8) is 0 Å². The van der Waals surface area contributed by atoms with Crippen LogP contribution in [0.5, 0.6) is 0 Å². The minimum Gasteiger partial charge on any atom is -0.326 e. The van der Waals surface area contributed by atoms with Gasteiger partial charge in [-0.25, -0.2) is 4.98 Å². The maximum Gasteiger partial charge on any atom is 0.227 e. The number of aromatic nitrogens is 1.